The summed E-state index contributed by atoms with van der Waals surface area (Å²) in [6.07, 6.45) is 0.209. The van der Waals surface area contributed by atoms with Crippen molar-refractivity contribution in [2.45, 2.75) is 64.6 Å². The average Bonchev–Trinajstić information content (AvgIpc) is 3.01. The van der Waals surface area contributed by atoms with E-state index in [1.807, 2.05) is 71.0 Å². The molecule has 4 aromatic rings. The van der Waals surface area contributed by atoms with Gasteiger partial charge in [-0.3, -0.25) is 13.9 Å². The Bertz CT molecular complexity index is 1800. The van der Waals surface area contributed by atoms with Crippen LogP contribution in [-0.2, 0) is 32.6 Å². The SMILES string of the molecule is Cc1ccc(S(=O)(=O)N(CC(=O)N(Cc2ccc(Cl)c(Cl)c2)C(Cc2ccccc2)C(=O)NC(C)C)c2ccc(C)c(C)c2)cc1. The first-order valence-electron chi connectivity index (χ1n) is 15.0. The predicted molar refractivity (Wildman–Crippen MR) is 186 cm³/mol. The maximum Gasteiger partial charge on any atom is 0.264 e. The van der Waals surface area contributed by atoms with E-state index in [4.69, 9.17) is 23.2 Å². The molecule has 0 aromatic heterocycles. The lowest BCUT2D eigenvalue weighted by Gasteiger charge is -2.34. The number of benzene rings is 4. The van der Waals surface area contributed by atoms with Crippen molar-refractivity contribution in [3.8, 4) is 0 Å². The van der Waals surface area contributed by atoms with Crippen LogP contribution in [0.1, 0.15) is 41.7 Å². The molecule has 0 aliphatic rings. The summed E-state index contributed by atoms with van der Waals surface area (Å²) in [6, 6.07) is 25.0. The first-order chi connectivity index (χ1) is 21.8. The minimum absolute atomic E-state index is 0.00984. The van der Waals surface area contributed by atoms with E-state index in [0.29, 0.717) is 21.3 Å². The van der Waals surface area contributed by atoms with E-state index in [-0.39, 0.29) is 29.8 Å². The Labute approximate surface area is 282 Å². The van der Waals surface area contributed by atoms with Gasteiger partial charge in [-0.25, -0.2) is 8.42 Å². The fourth-order valence-electron chi connectivity index (χ4n) is 5.02. The highest BCUT2D eigenvalue weighted by atomic mass is 35.5. The van der Waals surface area contributed by atoms with Gasteiger partial charge in [-0.05, 0) is 93.3 Å². The van der Waals surface area contributed by atoms with Crippen molar-refractivity contribution in [2.75, 3.05) is 10.8 Å². The van der Waals surface area contributed by atoms with Gasteiger partial charge in [0.25, 0.3) is 10.0 Å². The zero-order chi connectivity index (χ0) is 33.6. The number of hydrogen-bond donors (Lipinski definition) is 1. The molecular weight excluding hydrogens is 641 g/mol. The van der Waals surface area contributed by atoms with Crippen LogP contribution in [0.4, 0.5) is 5.69 Å². The average molecular weight is 681 g/mol. The summed E-state index contributed by atoms with van der Waals surface area (Å²) in [4.78, 5) is 29.9. The molecule has 1 unspecified atom stereocenters. The van der Waals surface area contributed by atoms with Gasteiger partial charge in [0.05, 0.1) is 20.6 Å². The van der Waals surface area contributed by atoms with Gasteiger partial charge in [-0.2, -0.15) is 0 Å². The zero-order valence-corrected chi connectivity index (χ0v) is 29.0. The maximum absolute atomic E-state index is 14.6. The lowest BCUT2D eigenvalue weighted by Crippen LogP contribution is -2.54. The van der Waals surface area contributed by atoms with Crippen LogP contribution in [0.2, 0.25) is 10.0 Å². The van der Waals surface area contributed by atoms with E-state index >= 15 is 0 Å². The second-order valence-electron chi connectivity index (χ2n) is 11.7. The van der Waals surface area contributed by atoms with E-state index in [1.54, 1.807) is 42.5 Å². The number of hydrogen-bond acceptors (Lipinski definition) is 4. The summed E-state index contributed by atoms with van der Waals surface area (Å²) in [5, 5.41) is 3.61. The summed E-state index contributed by atoms with van der Waals surface area (Å²) >= 11 is 12.5. The summed E-state index contributed by atoms with van der Waals surface area (Å²) in [5.74, 6) is -0.911. The second kappa shape index (κ2) is 15.2. The van der Waals surface area contributed by atoms with Crippen molar-refractivity contribution in [1.29, 1.82) is 0 Å². The third-order valence-corrected chi connectivity index (χ3v) is 10.2. The normalized spacial score (nSPS) is 12.1. The lowest BCUT2D eigenvalue weighted by molar-refractivity contribution is -0.140. The van der Waals surface area contributed by atoms with Crippen LogP contribution < -0.4 is 9.62 Å². The Morgan fingerprint density at radius 3 is 2.07 bits per heavy atom. The van der Waals surface area contributed by atoms with Crippen molar-refractivity contribution in [2.24, 2.45) is 0 Å². The number of carbonyl (C=O) groups excluding carboxylic acids is 2. The highest BCUT2D eigenvalue weighted by Crippen LogP contribution is 2.28. The fraction of sp³-hybridized carbons (Fsp3) is 0.278. The minimum Gasteiger partial charge on any atom is -0.352 e. The van der Waals surface area contributed by atoms with E-state index in [1.165, 1.54) is 17.0 Å². The Morgan fingerprint density at radius 1 is 0.783 bits per heavy atom. The molecule has 0 aliphatic heterocycles. The van der Waals surface area contributed by atoms with E-state index in [9.17, 15) is 18.0 Å². The fourth-order valence-corrected chi connectivity index (χ4v) is 6.74. The summed E-state index contributed by atoms with van der Waals surface area (Å²) in [5.41, 5.74) is 4.59. The molecular formula is C36H39Cl2N3O4S. The third kappa shape index (κ3) is 8.69. The topological polar surface area (TPSA) is 86.8 Å². The molecule has 7 nitrogen and oxygen atoms in total. The largest absolute Gasteiger partial charge is 0.352 e. The third-order valence-electron chi connectivity index (χ3n) is 7.71. The van der Waals surface area contributed by atoms with E-state index in [2.05, 4.69) is 5.32 Å². The Hall–Kier alpha value is -3.85. The molecule has 0 saturated carbocycles. The molecule has 0 aliphatic carbocycles. The first-order valence-corrected chi connectivity index (χ1v) is 17.2. The number of amides is 2. The first kappa shape index (κ1) is 35.0. The smallest absolute Gasteiger partial charge is 0.264 e. The van der Waals surface area contributed by atoms with Crippen molar-refractivity contribution in [3.63, 3.8) is 0 Å². The lowest BCUT2D eigenvalue weighted by atomic mass is 10.0. The molecule has 0 heterocycles. The molecule has 2 amide bonds. The van der Waals surface area contributed by atoms with Crippen LogP contribution in [0, 0.1) is 20.8 Å². The number of halogens is 2. The molecule has 0 radical (unpaired) electrons. The monoisotopic (exact) mass is 679 g/mol. The molecule has 1 atom stereocenters. The Morgan fingerprint density at radius 2 is 1.46 bits per heavy atom. The minimum atomic E-state index is -4.19. The quantitative estimate of drug-likeness (QED) is 0.171. The van der Waals surface area contributed by atoms with Crippen molar-refractivity contribution >= 4 is 50.7 Å². The number of nitrogens with zero attached hydrogens (tertiary/aromatic N) is 2. The van der Waals surface area contributed by atoms with Gasteiger partial charge in [-0.1, -0.05) is 83.4 Å². The molecule has 46 heavy (non-hydrogen) atoms. The molecule has 0 fully saturated rings. The van der Waals surface area contributed by atoms with E-state index in [0.717, 1.165) is 26.6 Å². The van der Waals surface area contributed by atoms with E-state index < -0.39 is 28.5 Å². The number of rotatable bonds is 12. The van der Waals surface area contributed by atoms with Crippen molar-refractivity contribution in [3.05, 3.63) is 129 Å². The second-order valence-corrected chi connectivity index (χ2v) is 14.4. The summed E-state index contributed by atoms with van der Waals surface area (Å²) in [6.45, 7) is 8.83. The Balaban J connectivity index is 1.84. The standard InChI is InChI=1S/C36H39Cl2N3O4S/c1-24(2)39-36(43)34(21-28-9-7-6-8-10-28)40(22-29-14-18-32(37)33(38)20-29)35(42)23-41(30-15-13-26(4)27(5)19-30)46(44,45)31-16-11-25(3)12-17-31/h6-20,24,34H,21-23H2,1-5H3,(H,39,43). The van der Waals surface area contributed by atoms with Crippen LogP contribution in [0.3, 0.4) is 0 Å². The molecule has 1 N–H and O–H groups in total. The molecule has 0 bridgehead atoms. The van der Waals surface area contributed by atoms with Crippen molar-refractivity contribution in [1.82, 2.24) is 10.2 Å². The molecule has 4 aromatic carbocycles. The molecule has 0 saturated heterocycles. The van der Waals surface area contributed by atoms with Crippen LogP contribution in [-0.4, -0.2) is 43.8 Å². The van der Waals surface area contributed by atoms with Crippen LogP contribution in [0.15, 0.2) is 95.9 Å². The molecule has 10 heteroatoms. The van der Waals surface area contributed by atoms with Gasteiger partial charge in [0.2, 0.25) is 11.8 Å². The van der Waals surface area contributed by atoms with Gasteiger partial charge in [0, 0.05) is 19.0 Å². The highest BCUT2D eigenvalue weighted by molar-refractivity contribution is 7.92. The summed E-state index contributed by atoms with van der Waals surface area (Å²) < 4.78 is 29.6. The summed E-state index contributed by atoms with van der Waals surface area (Å²) in [7, 11) is -4.19. The molecule has 0 spiro atoms. The van der Waals surface area contributed by atoms with Gasteiger partial charge in [0.1, 0.15) is 12.6 Å². The number of nitrogens with one attached hydrogen (secondary N) is 1. The van der Waals surface area contributed by atoms with Crippen LogP contribution in [0.5, 0.6) is 0 Å². The van der Waals surface area contributed by atoms with Gasteiger partial charge in [0.15, 0.2) is 0 Å². The molecule has 242 valence electrons. The zero-order valence-electron chi connectivity index (χ0n) is 26.6. The van der Waals surface area contributed by atoms with Crippen molar-refractivity contribution < 1.29 is 18.0 Å². The number of carbonyl (C=O) groups is 2. The van der Waals surface area contributed by atoms with Crippen LogP contribution >= 0.6 is 23.2 Å². The maximum atomic E-state index is 14.6. The molecule has 4 rings (SSSR count). The Kier molecular flexibility index (Phi) is 11.5. The van der Waals surface area contributed by atoms with Gasteiger partial charge < -0.3 is 10.2 Å². The highest BCUT2D eigenvalue weighted by Gasteiger charge is 2.35. The number of sulfonamides is 1. The van der Waals surface area contributed by atoms with Crippen LogP contribution in [0.25, 0.3) is 0 Å². The van der Waals surface area contributed by atoms with Gasteiger partial charge >= 0.3 is 0 Å². The number of aryl methyl sites for hydroxylation is 3. The van der Waals surface area contributed by atoms with Gasteiger partial charge in [-0.15, -0.1) is 0 Å². The predicted octanol–water partition coefficient (Wildman–Crippen LogP) is 7.28. The number of anilines is 1.